The van der Waals surface area contributed by atoms with Gasteiger partial charge < -0.3 is 21.1 Å². The number of hydrogen-bond acceptors (Lipinski definition) is 3. The Hall–Kier alpha value is -1.79. The molecule has 0 aromatic heterocycles. The molecule has 0 aromatic carbocycles. The molecule has 7 heteroatoms. The van der Waals surface area contributed by atoms with E-state index in [0.717, 1.165) is 0 Å². The number of amides is 3. The molecule has 0 bridgehead atoms. The fourth-order valence-corrected chi connectivity index (χ4v) is 0.633. The Bertz CT molecular complexity index is 229. The first-order valence-electron chi connectivity index (χ1n) is 4.00. The summed E-state index contributed by atoms with van der Waals surface area (Å²) in [6.45, 7) is -0.267. The van der Waals surface area contributed by atoms with Crippen LogP contribution in [-0.2, 0) is 9.59 Å². The van der Waals surface area contributed by atoms with Gasteiger partial charge in [0.2, 0.25) is 5.91 Å². The van der Waals surface area contributed by atoms with Gasteiger partial charge in [-0.2, -0.15) is 0 Å². The van der Waals surface area contributed by atoms with Gasteiger partial charge in [-0.15, -0.1) is 0 Å². The van der Waals surface area contributed by atoms with Gasteiger partial charge in [0.25, 0.3) is 0 Å². The Morgan fingerprint density at radius 1 is 1.21 bits per heavy atom. The van der Waals surface area contributed by atoms with E-state index in [2.05, 4.69) is 16.0 Å². The van der Waals surface area contributed by atoms with E-state index in [4.69, 9.17) is 5.11 Å². The number of aliphatic carboxylic acids is 1. The quantitative estimate of drug-likeness (QED) is 0.436. The molecule has 0 unspecified atom stereocenters. The molecule has 0 aliphatic rings. The van der Waals surface area contributed by atoms with Crippen LogP contribution in [0.1, 0.15) is 6.42 Å². The molecule has 4 N–H and O–H groups in total. The van der Waals surface area contributed by atoms with Crippen molar-refractivity contribution in [2.75, 3.05) is 20.1 Å². The summed E-state index contributed by atoms with van der Waals surface area (Å²) < 4.78 is 0. The summed E-state index contributed by atoms with van der Waals surface area (Å²) in [5.41, 5.74) is 0. The van der Waals surface area contributed by atoms with Gasteiger partial charge in [0.15, 0.2) is 0 Å². The lowest BCUT2D eigenvalue weighted by molar-refractivity contribution is -0.135. The highest BCUT2D eigenvalue weighted by Gasteiger charge is 2.03. The molecule has 0 aromatic rings. The van der Waals surface area contributed by atoms with E-state index in [0.29, 0.717) is 0 Å². The zero-order valence-electron chi connectivity index (χ0n) is 7.79. The second kappa shape index (κ2) is 6.70. The molecule has 7 nitrogen and oxygen atoms in total. The monoisotopic (exact) mass is 203 g/mol. The molecule has 0 aliphatic heterocycles. The summed E-state index contributed by atoms with van der Waals surface area (Å²) in [5.74, 6) is -1.31. The van der Waals surface area contributed by atoms with Crippen LogP contribution in [0.25, 0.3) is 0 Å². The highest BCUT2D eigenvalue weighted by Crippen LogP contribution is 1.75. The summed E-state index contributed by atoms with van der Waals surface area (Å²) in [6.07, 6.45) is 0.164. The number of hydrogen-bond donors (Lipinski definition) is 4. The van der Waals surface area contributed by atoms with Crippen LogP contribution in [0.3, 0.4) is 0 Å². The van der Waals surface area contributed by atoms with E-state index in [1.54, 1.807) is 0 Å². The van der Waals surface area contributed by atoms with Crippen molar-refractivity contribution in [3.05, 3.63) is 0 Å². The second-order valence-electron chi connectivity index (χ2n) is 2.43. The predicted molar refractivity (Wildman–Crippen MR) is 47.7 cm³/mol. The first-order valence-corrected chi connectivity index (χ1v) is 4.00. The van der Waals surface area contributed by atoms with Crippen molar-refractivity contribution in [2.45, 2.75) is 6.42 Å². The third-order valence-electron chi connectivity index (χ3n) is 1.32. The Kier molecular flexibility index (Phi) is 5.84. The van der Waals surface area contributed by atoms with Crippen molar-refractivity contribution in [3.63, 3.8) is 0 Å². The summed E-state index contributed by atoms with van der Waals surface area (Å²) in [6, 6.07) is -0.601. The van der Waals surface area contributed by atoms with Crippen LogP contribution in [0.2, 0.25) is 0 Å². The molecular formula is C7H13N3O4. The van der Waals surface area contributed by atoms with E-state index in [1.165, 1.54) is 7.05 Å². The molecule has 0 spiro atoms. The van der Waals surface area contributed by atoms with Gasteiger partial charge in [0.05, 0.1) is 0 Å². The number of nitrogens with one attached hydrogen (secondary N) is 3. The van der Waals surface area contributed by atoms with E-state index in [1.807, 2.05) is 0 Å². The Labute approximate surface area is 80.9 Å². The van der Waals surface area contributed by atoms with Gasteiger partial charge in [-0.25, -0.2) is 4.79 Å². The van der Waals surface area contributed by atoms with Crippen LogP contribution in [0.4, 0.5) is 4.79 Å². The summed E-state index contributed by atoms with van der Waals surface area (Å²) in [5, 5.41) is 15.0. The standard InChI is InChI=1S/C7H13N3O4/c1-8-5(11)2-3-9-7(14)10-4-6(12)13/h2-4H2,1H3,(H,8,11)(H,12,13)(H2,9,10,14). The highest BCUT2D eigenvalue weighted by atomic mass is 16.4. The normalized spacial score (nSPS) is 8.93. The van der Waals surface area contributed by atoms with Crippen molar-refractivity contribution in [1.82, 2.24) is 16.0 Å². The fraction of sp³-hybridized carbons (Fsp3) is 0.571. The van der Waals surface area contributed by atoms with Crippen LogP contribution in [-0.4, -0.2) is 43.2 Å². The molecule has 0 radical (unpaired) electrons. The number of carbonyl (C=O) groups is 3. The minimum atomic E-state index is -1.12. The van der Waals surface area contributed by atoms with Crippen molar-refractivity contribution >= 4 is 17.9 Å². The van der Waals surface area contributed by atoms with Gasteiger partial charge in [0.1, 0.15) is 6.54 Å². The lowest BCUT2D eigenvalue weighted by Gasteiger charge is -2.04. The minimum Gasteiger partial charge on any atom is -0.480 e. The number of carbonyl (C=O) groups excluding carboxylic acids is 2. The third-order valence-corrected chi connectivity index (χ3v) is 1.32. The number of rotatable bonds is 5. The van der Waals surface area contributed by atoms with Gasteiger partial charge >= 0.3 is 12.0 Å². The molecule has 3 amide bonds. The lowest BCUT2D eigenvalue weighted by Crippen LogP contribution is -2.39. The smallest absolute Gasteiger partial charge is 0.323 e. The Morgan fingerprint density at radius 2 is 1.86 bits per heavy atom. The maximum Gasteiger partial charge on any atom is 0.323 e. The fourth-order valence-electron chi connectivity index (χ4n) is 0.633. The number of urea groups is 1. The maximum atomic E-state index is 10.8. The Balaban J connectivity index is 3.45. The number of carboxylic acids is 1. The number of carboxylic acid groups (broad SMARTS) is 1. The van der Waals surface area contributed by atoms with Crippen LogP contribution < -0.4 is 16.0 Å². The van der Waals surface area contributed by atoms with E-state index in [9.17, 15) is 14.4 Å². The van der Waals surface area contributed by atoms with E-state index >= 15 is 0 Å². The molecule has 0 atom stereocenters. The maximum absolute atomic E-state index is 10.8. The van der Waals surface area contributed by atoms with Gasteiger partial charge in [0, 0.05) is 20.0 Å². The largest absolute Gasteiger partial charge is 0.480 e. The third kappa shape index (κ3) is 6.89. The van der Waals surface area contributed by atoms with Gasteiger partial charge in [-0.1, -0.05) is 0 Å². The molecular weight excluding hydrogens is 190 g/mol. The van der Waals surface area contributed by atoms with Gasteiger partial charge in [-0.3, -0.25) is 9.59 Å². The van der Waals surface area contributed by atoms with Crippen LogP contribution in [0, 0.1) is 0 Å². The average molecular weight is 203 g/mol. The topological polar surface area (TPSA) is 108 Å². The van der Waals surface area contributed by atoms with Crippen molar-refractivity contribution in [1.29, 1.82) is 0 Å². The van der Waals surface area contributed by atoms with Crippen molar-refractivity contribution in [3.8, 4) is 0 Å². The second-order valence-corrected chi connectivity index (χ2v) is 2.43. The zero-order valence-corrected chi connectivity index (χ0v) is 7.79. The molecule has 80 valence electrons. The Morgan fingerprint density at radius 3 is 2.36 bits per heavy atom. The van der Waals surface area contributed by atoms with Crippen LogP contribution in [0.15, 0.2) is 0 Å². The molecule has 0 fully saturated rings. The molecule has 0 saturated heterocycles. The van der Waals surface area contributed by atoms with Crippen LogP contribution >= 0.6 is 0 Å². The SMILES string of the molecule is CNC(=O)CCNC(=O)NCC(=O)O. The van der Waals surface area contributed by atoms with E-state index < -0.39 is 18.5 Å². The lowest BCUT2D eigenvalue weighted by atomic mass is 10.4. The zero-order chi connectivity index (χ0) is 11.0. The highest BCUT2D eigenvalue weighted by molar-refractivity contribution is 5.80. The molecule has 0 heterocycles. The van der Waals surface area contributed by atoms with Crippen molar-refractivity contribution in [2.24, 2.45) is 0 Å². The van der Waals surface area contributed by atoms with Crippen LogP contribution in [0.5, 0.6) is 0 Å². The summed E-state index contributed by atoms with van der Waals surface area (Å²) in [7, 11) is 1.49. The van der Waals surface area contributed by atoms with Crippen molar-refractivity contribution < 1.29 is 19.5 Å². The molecule has 14 heavy (non-hydrogen) atoms. The van der Waals surface area contributed by atoms with E-state index in [-0.39, 0.29) is 18.9 Å². The molecule has 0 aliphatic carbocycles. The molecule has 0 saturated carbocycles. The average Bonchev–Trinajstić information content (AvgIpc) is 2.14. The minimum absolute atomic E-state index is 0.164. The predicted octanol–water partition coefficient (Wildman–Crippen LogP) is -1.49. The molecule has 0 rings (SSSR count). The van der Waals surface area contributed by atoms with Gasteiger partial charge in [-0.05, 0) is 0 Å². The first-order chi connectivity index (χ1) is 6.56. The first kappa shape index (κ1) is 12.2. The summed E-state index contributed by atoms with van der Waals surface area (Å²) >= 11 is 0. The summed E-state index contributed by atoms with van der Waals surface area (Å²) in [4.78, 5) is 31.5.